The van der Waals surface area contributed by atoms with Gasteiger partial charge in [-0.15, -0.1) is 0 Å². The molecule has 0 amide bonds. The monoisotopic (exact) mass is 263 g/mol. The Kier molecular flexibility index (Phi) is 4.87. The van der Waals surface area contributed by atoms with Crippen LogP contribution >= 0.6 is 0 Å². The fourth-order valence-corrected chi connectivity index (χ4v) is 2.62. The smallest absolute Gasteiger partial charge is 0.269 e. The summed E-state index contributed by atoms with van der Waals surface area (Å²) in [6.45, 7) is 0.898. The molecule has 0 saturated heterocycles. The minimum atomic E-state index is -0.370. The van der Waals surface area contributed by atoms with Crippen LogP contribution in [-0.4, -0.2) is 23.6 Å². The van der Waals surface area contributed by atoms with Crippen molar-refractivity contribution in [3.05, 3.63) is 39.9 Å². The quantitative estimate of drug-likeness (QED) is 0.629. The standard InChI is InChI=1S/C14H21N3O2/c15-12-2-1-3-13(10-12)16-9-8-11-4-6-14(7-5-11)17(18)19/h4-7,12-13,16H,1-3,8-10,15H2. The van der Waals surface area contributed by atoms with Crippen LogP contribution in [0.5, 0.6) is 0 Å². The van der Waals surface area contributed by atoms with E-state index in [4.69, 9.17) is 5.73 Å². The lowest BCUT2D eigenvalue weighted by atomic mass is 9.91. The van der Waals surface area contributed by atoms with Crippen LogP contribution in [0.25, 0.3) is 0 Å². The minimum absolute atomic E-state index is 0.148. The molecule has 1 aromatic rings. The van der Waals surface area contributed by atoms with E-state index in [0.29, 0.717) is 12.1 Å². The van der Waals surface area contributed by atoms with Crippen LogP contribution in [-0.2, 0) is 6.42 Å². The first-order valence-corrected chi connectivity index (χ1v) is 6.87. The SMILES string of the molecule is NC1CCCC(NCCc2ccc([N+](=O)[O-])cc2)C1. The van der Waals surface area contributed by atoms with E-state index in [1.807, 2.05) is 12.1 Å². The van der Waals surface area contributed by atoms with Gasteiger partial charge in [-0.25, -0.2) is 0 Å². The fraction of sp³-hybridized carbons (Fsp3) is 0.571. The Hall–Kier alpha value is -1.46. The molecule has 0 spiro atoms. The van der Waals surface area contributed by atoms with Crippen molar-refractivity contribution in [2.45, 2.75) is 44.2 Å². The van der Waals surface area contributed by atoms with Crippen LogP contribution in [0.1, 0.15) is 31.2 Å². The van der Waals surface area contributed by atoms with Crippen molar-refractivity contribution in [3.8, 4) is 0 Å². The summed E-state index contributed by atoms with van der Waals surface area (Å²) in [4.78, 5) is 10.2. The molecule has 5 heteroatoms. The molecular weight excluding hydrogens is 242 g/mol. The lowest BCUT2D eigenvalue weighted by molar-refractivity contribution is -0.384. The zero-order chi connectivity index (χ0) is 13.7. The number of nitro groups is 1. The van der Waals surface area contributed by atoms with Gasteiger partial charge in [0.2, 0.25) is 0 Å². The van der Waals surface area contributed by atoms with E-state index in [9.17, 15) is 10.1 Å². The topological polar surface area (TPSA) is 81.2 Å². The average molecular weight is 263 g/mol. The Balaban J connectivity index is 1.74. The third-order valence-electron chi connectivity index (χ3n) is 3.71. The maximum atomic E-state index is 10.5. The number of non-ortho nitro benzene ring substituents is 1. The number of hydrogen-bond acceptors (Lipinski definition) is 4. The number of nitrogens with one attached hydrogen (secondary N) is 1. The van der Waals surface area contributed by atoms with Gasteiger partial charge in [0.05, 0.1) is 4.92 Å². The van der Waals surface area contributed by atoms with Crippen molar-refractivity contribution in [1.82, 2.24) is 5.32 Å². The molecule has 1 aliphatic rings. The fourth-order valence-electron chi connectivity index (χ4n) is 2.62. The lowest BCUT2D eigenvalue weighted by Crippen LogP contribution is -2.40. The van der Waals surface area contributed by atoms with Crippen molar-refractivity contribution in [2.24, 2.45) is 5.73 Å². The van der Waals surface area contributed by atoms with Gasteiger partial charge in [-0.1, -0.05) is 18.6 Å². The van der Waals surface area contributed by atoms with Gasteiger partial charge in [-0.05, 0) is 37.8 Å². The number of nitrogens with two attached hydrogens (primary N) is 1. The Morgan fingerprint density at radius 3 is 2.68 bits per heavy atom. The van der Waals surface area contributed by atoms with Crippen molar-refractivity contribution in [3.63, 3.8) is 0 Å². The highest BCUT2D eigenvalue weighted by molar-refractivity contribution is 5.32. The van der Waals surface area contributed by atoms with E-state index in [1.165, 1.54) is 12.8 Å². The van der Waals surface area contributed by atoms with Crippen LogP contribution in [0.15, 0.2) is 24.3 Å². The number of rotatable bonds is 5. The predicted octanol–water partition coefficient (Wildman–Crippen LogP) is 2.00. The van der Waals surface area contributed by atoms with Gasteiger partial charge in [0, 0.05) is 24.2 Å². The summed E-state index contributed by atoms with van der Waals surface area (Å²) in [5.74, 6) is 0. The molecule has 19 heavy (non-hydrogen) atoms. The van der Waals surface area contributed by atoms with E-state index >= 15 is 0 Å². The maximum Gasteiger partial charge on any atom is 0.269 e. The van der Waals surface area contributed by atoms with E-state index in [1.54, 1.807) is 12.1 Å². The van der Waals surface area contributed by atoms with Crippen LogP contribution in [0, 0.1) is 10.1 Å². The Bertz CT molecular complexity index is 419. The van der Waals surface area contributed by atoms with Crippen molar-refractivity contribution in [1.29, 1.82) is 0 Å². The summed E-state index contributed by atoms with van der Waals surface area (Å²) < 4.78 is 0. The highest BCUT2D eigenvalue weighted by Crippen LogP contribution is 2.17. The molecule has 104 valence electrons. The van der Waals surface area contributed by atoms with Crippen molar-refractivity contribution in [2.75, 3.05) is 6.54 Å². The molecule has 0 radical (unpaired) electrons. The highest BCUT2D eigenvalue weighted by atomic mass is 16.6. The molecule has 2 rings (SSSR count). The first-order chi connectivity index (χ1) is 9.15. The maximum absolute atomic E-state index is 10.5. The Morgan fingerprint density at radius 2 is 2.05 bits per heavy atom. The molecule has 1 saturated carbocycles. The molecule has 1 aliphatic carbocycles. The molecule has 0 aromatic heterocycles. The predicted molar refractivity (Wildman–Crippen MR) is 75.0 cm³/mol. The second-order valence-electron chi connectivity index (χ2n) is 5.25. The molecule has 3 N–H and O–H groups in total. The molecule has 5 nitrogen and oxygen atoms in total. The van der Waals surface area contributed by atoms with Gasteiger partial charge in [-0.3, -0.25) is 10.1 Å². The van der Waals surface area contributed by atoms with Crippen molar-refractivity contribution >= 4 is 5.69 Å². The van der Waals surface area contributed by atoms with E-state index in [-0.39, 0.29) is 10.6 Å². The number of benzene rings is 1. The molecule has 0 bridgehead atoms. The van der Waals surface area contributed by atoms with Crippen LogP contribution in [0.4, 0.5) is 5.69 Å². The van der Waals surface area contributed by atoms with Gasteiger partial charge in [0.25, 0.3) is 5.69 Å². The molecule has 2 unspecified atom stereocenters. The summed E-state index contributed by atoms with van der Waals surface area (Å²) in [5.41, 5.74) is 7.22. The second kappa shape index (κ2) is 6.63. The Labute approximate surface area is 113 Å². The molecule has 0 heterocycles. The van der Waals surface area contributed by atoms with Crippen molar-refractivity contribution < 1.29 is 4.92 Å². The van der Waals surface area contributed by atoms with E-state index in [0.717, 1.165) is 31.4 Å². The van der Waals surface area contributed by atoms with Crippen LogP contribution < -0.4 is 11.1 Å². The summed E-state index contributed by atoms with van der Waals surface area (Å²) in [6.07, 6.45) is 5.49. The molecule has 1 aromatic carbocycles. The first-order valence-electron chi connectivity index (χ1n) is 6.87. The zero-order valence-corrected chi connectivity index (χ0v) is 11.0. The first kappa shape index (κ1) is 14.0. The van der Waals surface area contributed by atoms with E-state index in [2.05, 4.69) is 5.32 Å². The average Bonchev–Trinajstić information content (AvgIpc) is 2.39. The molecule has 0 aliphatic heterocycles. The van der Waals surface area contributed by atoms with E-state index < -0.39 is 0 Å². The highest BCUT2D eigenvalue weighted by Gasteiger charge is 2.18. The molecule has 1 fully saturated rings. The Morgan fingerprint density at radius 1 is 1.32 bits per heavy atom. The van der Waals surface area contributed by atoms with Gasteiger partial charge in [-0.2, -0.15) is 0 Å². The summed E-state index contributed by atoms with van der Waals surface area (Å²) in [6, 6.07) is 7.64. The number of hydrogen-bond donors (Lipinski definition) is 2. The molecule has 2 atom stereocenters. The third kappa shape index (κ3) is 4.29. The third-order valence-corrected chi connectivity index (χ3v) is 3.71. The van der Waals surface area contributed by atoms with Crippen LogP contribution in [0.2, 0.25) is 0 Å². The molecular formula is C14H21N3O2. The largest absolute Gasteiger partial charge is 0.328 e. The summed E-state index contributed by atoms with van der Waals surface area (Å²) in [5, 5.41) is 14.1. The summed E-state index contributed by atoms with van der Waals surface area (Å²) >= 11 is 0. The van der Waals surface area contributed by atoms with Crippen LogP contribution in [0.3, 0.4) is 0 Å². The van der Waals surface area contributed by atoms with Gasteiger partial charge in [0.1, 0.15) is 0 Å². The number of nitrogens with zero attached hydrogens (tertiary/aromatic N) is 1. The number of nitro benzene ring substituents is 1. The lowest BCUT2D eigenvalue weighted by Gasteiger charge is -2.27. The zero-order valence-electron chi connectivity index (χ0n) is 11.0. The normalized spacial score (nSPS) is 23.2. The summed E-state index contributed by atoms with van der Waals surface area (Å²) in [7, 11) is 0. The van der Waals surface area contributed by atoms with Gasteiger partial charge >= 0.3 is 0 Å². The van der Waals surface area contributed by atoms with Gasteiger partial charge < -0.3 is 11.1 Å². The minimum Gasteiger partial charge on any atom is -0.328 e. The van der Waals surface area contributed by atoms with Gasteiger partial charge in [0.15, 0.2) is 0 Å². The second-order valence-corrected chi connectivity index (χ2v) is 5.25.